The van der Waals surface area contributed by atoms with E-state index in [2.05, 4.69) is 5.32 Å². The molecule has 4 aliphatic heterocycles. The van der Waals surface area contributed by atoms with Gasteiger partial charge in [-0.25, -0.2) is 0 Å². The number of fused-ring (bicyclic) bond motifs is 14. The van der Waals surface area contributed by atoms with Crippen LogP contribution in [0.25, 0.3) is 10.8 Å². The highest BCUT2D eigenvalue weighted by Crippen LogP contribution is 2.55. The lowest BCUT2D eigenvalue weighted by molar-refractivity contribution is -0.160. The monoisotopic (exact) mass is 906 g/mol. The second-order valence-corrected chi connectivity index (χ2v) is 18.4. The quantitative estimate of drug-likeness (QED) is 0.0738. The Morgan fingerprint density at radius 2 is 1.45 bits per heavy atom. The number of aliphatic hydroxyl groups is 2. The zero-order chi connectivity index (χ0) is 47.7. The molecule has 0 aromatic heterocycles. The summed E-state index contributed by atoms with van der Waals surface area (Å²) < 4.78 is 23.8. The molecule has 4 aliphatic rings. The minimum Gasteiger partial charge on any atom is -0.507 e. The molecular weight excluding hydrogens is 835 g/mol. The number of hydrazone groups is 1. The zero-order valence-electron chi connectivity index (χ0n) is 39.6. The first-order valence-electron chi connectivity index (χ1n) is 23.2. The Kier molecular flexibility index (Phi) is 17.5. The first-order chi connectivity index (χ1) is 30.8. The number of hydrogen-bond acceptors (Lipinski definition) is 14. The van der Waals surface area contributed by atoms with Gasteiger partial charge in [0.15, 0.2) is 5.75 Å². The lowest BCUT2D eigenvalue weighted by Gasteiger charge is -2.38. The maximum Gasteiger partial charge on any atom is 0.312 e. The summed E-state index contributed by atoms with van der Waals surface area (Å²) in [5.41, 5.74) is -0.252. The van der Waals surface area contributed by atoms with Crippen LogP contribution in [0.2, 0.25) is 0 Å². The van der Waals surface area contributed by atoms with Crippen LogP contribution in [0, 0.1) is 30.6 Å². The number of hydrogen-bond donors (Lipinski definition) is 6. The molecule has 2 aromatic rings. The number of phenolic OH excluding ortho intramolecular Hbond substituents is 3. The van der Waals surface area contributed by atoms with Gasteiger partial charge in [-0.2, -0.15) is 5.10 Å². The van der Waals surface area contributed by atoms with Crippen molar-refractivity contribution in [2.45, 2.75) is 150 Å². The summed E-state index contributed by atoms with van der Waals surface area (Å²) in [7, 11) is 1.45. The Hall–Kier alpha value is -5.12. The Labute approximate surface area is 383 Å². The molecule has 9 atom stereocenters. The number of benzene rings is 2. The molecule has 15 heteroatoms. The van der Waals surface area contributed by atoms with Crippen LogP contribution in [-0.4, -0.2) is 105 Å². The predicted molar refractivity (Wildman–Crippen MR) is 249 cm³/mol. The number of ketones is 1. The number of Topliss-reactive ketones (excluding diaryl/α,β-unsaturated/α-hetero) is 1. The molecule has 15 nitrogen and oxygen atoms in total. The fraction of sp³-hybridized carbons (Fsp3) is 0.600. The van der Waals surface area contributed by atoms with Gasteiger partial charge >= 0.3 is 11.8 Å². The number of aromatic hydroxyl groups is 3. The van der Waals surface area contributed by atoms with E-state index in [-0.39, 0.29) is 44.5 Å². The van der Waals surface area contributed by atoms with E-state index in [1.807, 2.05) is 5.01 Å². The Bertz CT molecular complexity index is 2150. The number of methoxy groups -OCH3 is 1. The van der Waals surface area contributed by atoms with Crippen molar-refractivity contribution in [2.75, 3.05) is 25.5 Å². The number of carbonyl (C=O) groups excluding carboxylic acids is 3. The Morgan fingerprint density at radius 1 is 0.846 bits per heavy atom. The largest absolute Gasteiger partial charge is 0.507 e. The SMILES string of the molecule is CO[C@@H]1C=CO[C@@]2(C)Oc3c(C)c(O)c4c(O)c(c(C=NN5CCCCCCCCCCCC5)c(O)c4c3C2=O)NC(=O)C(C)=CC=C[C@H](C)[C@H](O)[C@H](C)[C@H](O)[C@H](C)[C@H](OC(C)=O)[C@H]1C. The van der Waals surface area contributed by atoms with E-state index in [4.69, 9.17) is 24.0 Å². The van der Waals surface area contributed by atoms with E-state index in [0.29, 0.717) is 13.1 Å². The zero-order valence-corrected chi connectivity index (χ0v) is 39.6. The molecular formula is C50H71N3O12. The molecule has 1 saturated heterocycles. The third-order valence-corrected chi connectivity index (χ3v) is 13.5. The number of esters is 1. The van der Waals surface area contributed by atoms with E-state index in [0.717, 1.165) is 38.5 Å². The third-order valence-electron chi connectivity index (χ3n) is 13.5. The number of ether oxygens (including phenoxy) is 4. The first kappa shape index (κ1) is 50.9. The number of nitrogens with one attached hydrogen (secondary N) is 1. The molecule has 5 bridgehead atoms. The molecule has 0 radical (unpaired) electrons. The standard InChI is InChI=1S/C50H71N3O12/c1-28-21-20-22-29(2)49(61)52-40-35(27-51-53-24-18-16-14-12-10-11-13-15-17-19-25-53)44(58)37-38(45(40)59)43(57)33(6)47-39(37)48(60)50(8,65-47)63-26-23-36(62-9)30(3)46(64-34(7)54)32(5)42(56)31(4)41(28)55/h20-23,26-28,30-32,36,41-42,46,55-59H,10-19,24-25H2,1-9H3,(H,52,61)/t28-,30-,31-,32-,36+,41-,42-,46+,50-/m0/s1. The van der Waals surface area contributed by atoms with Crippen molar-refractivity contribution in [1.82, 2.24) is 5.01 Å². The van der Waals surface area contributed by atoms with Gasteiger partial charge in [-0.15, -0.1) is 0 Å². The van der Waals surface area contributed by atoms with Crippen LogP contribution in [0.5, 0.6) is 23.0 Å². The van der Waals surface area contributed by atoms with Crippen LogP contribution in [0.15, 0.2) is 41.2 Å². The fourth-order valence-corrected chi connectivity index (χ4v) is 9.24. The summed E-state index contributed by atoms with van der Waals surface area (Å²) in [6.45, 7) is 13.9. The van der Waals surface area contributed by atoms with Crippen molar-refractivity contribution in [1.29, 1.82) is 0 Å². The molecule has 358 valence electrons. The predicted octanol–water partition coefficient (Wildman–Crippen LogP) is 8.30. The minimum atomic E-state index is -2.04. The van der Waals surface area contributed by atoms with Gasteiger partial charge in [-0.05, 0) is 32.8 Å². The maximum atomic E-state index is 14.6. The van der Waals surface area contributed by atoms with Gasteiger partial charge in [0.05, 0.1) is 53.0 Å². The van der Waals surface area contributed by atoms with Gasteiger partial charge in [-0.3, -0.25) is 19.4 Å². The average Bonchev–Trinajstić information content (AvgIpc) is 3.55. The summed E-state index contributed by atoms with van der Waals surface area (Å²) in [6, 6.07) is 0. The van der Waals surface area contributed by atoms with Crippen molar-refractivity contribution < 1.29 is 58.9 Å². The first-order valence-corrected chi connectivity index (χ1v) is 23.2. The minimum absolute atomic E-state index is 0.0677. The molecule has 6 N–H and O–H groups in total. The van der Waals surface area contributed by atoms with E-state index in [9.17, 15) is 39.9 Å². The van der Waals surface area contributed by atoms with E-state index >= 15 is 0 Å². The van der Waals surface area contributed by atoms with Gasteiger partial charge < -0.3 is 49.8 Å². The number of nitrogens with zero attached hydrogens (tertiary/aromatic N) is 2. The van der Waals surface area contributed by atoms with Crippen molar-refractivity contribution in [3.8, 4) is 23.0 Å². The van der Waals surface area contributed by atoms with Crippen molar-refractivity contribution in [2.24, 2.45) is 28.8 Å². The highest BCUT2D eigenvalue weighted by atomic mass is 16.7. The molecule has 6 rings (SSSR count). The molecule has 0 aliphatic carbocycles. The van der Waals surface area contributed by atoms with Crippen molar-refractivity contribution in [3.05, 3.63) is 52.8 Å². The molecule has 2 aromatic carbocycles. The number of allylic oxidation sites excluding steroid dienone is 2. The molecule has 0 unspecified atom stereocenters. The number of anilines is 1. The van der Waals surface area contributed by atoms with Crippen molar-refractivity contribution in [3.63, 3.8) is 0 Å². The van der Waals surface area contributed by atoms with Gasteiger partial charge in [0, 0.05) is 74.2 Å². The smallest absolute Gasteiger partial charge is 0.312 e. The van der Waals surface area contributed by atoms with Crippen LogP contribution in [0.4, 0.5) is 5.69 Å². The number of carbonyl (C=O) groups is 3. The number of amides is 1. The van der Waals surface area contributed by atoms with Crippen LogP contribution in [0.3, 0.4) is 0 Å². The lowest BCUT2D eigenvalue weighted by atomic mass is 9.78. The molecule has 1 amide bonds. The Morgan fingerprint density at radius 3 is 2.03 bits per heavy atom. The third kappa shape index (κ3) is 11.5. The average molecular weight is 906 g/mol. The van der Waals surface area contributed by atoms with Gasteiger partial charge in [-0.1, -0.05) is 97.3 Å². The molecule has 0 spiro atoms. The normalized spacial score (nSPS) is 29.4. The van der Waals surface area contributed by atoms with Gasteiger partial charge in [0.2, 0.25) is 0 Å². The maximum absolute atomic E-state index is 14.6. The molecule has 1 fully saturated rings. The lowest BCUT2D eigenvalue weighted by Crippen LogP contribution is -2.46. The van der Waals surface area contributed by atoms with Crippen LogP contribution < -0.4 is 10.1 Å². The van der Waals surface area contributed by atoms with E-state index in [1.54, 1.807) is 46.8 Å². The summed E-state index contributed by atoms with van der Waals surface area (Å²) in [5.74, 6) is -8.24. The van der Waals surface area contributed by atoms with Gasteiger partial charge in [0.25, 0.3) is 11.7 Å². The topological polar surface area (TPSA) is 217 Å². The summed E-state index contributed by atoms with van der Waals surface area (Å²) in [5, 5.41) is 68.1. The highest BCUT2D eigenvalue weighted by Gasteiger charge is 2.50. The molecule has 65 heavy (non-hydrogen) atoms. The van der Waals surface area contributed by atoms with E-state index < -0.39 is 88.8 Å². The van der Waals surface area contributed by atoms with Crippen LogP contribution >= 0.6 is 0 Å². The Balaban J connectivity index is 1.69. The highest BCUT2D eigenvalue weighted by molar-refractivity contribution is 6.23. The van der Waals surface area contributed by atoms with Gasteiger partial charge in [0.1, 0.15) is 23.4 Å². The van der Waals surface area contributed by atoms with E-state index in [1.165, 1.54) is 78.2 Å². The molecule has 0 saturated carbocycles. The second kappa shape index (κ2) is 22.4. The van der Waals surface area contributed by atoms with Crippen LogP contribution in [-0.2, 0) is 23.8 Å². The van der Waals surface area contributed by atoms with Crippen LogP contribution in [0.1, 0.15) is 134 Å². The summed E-state index contributed by atoms with van der Waals surface area (Å²) >= 11 is 0. The fourth-order valence-electron chi connectivity index (χ4n) is 9.24. The summed E-state index contributed by atoms with van der Waals surface area (Å²) in [4.78, 5) is 41.0. The molecule has 4 heterocycles. The summed E-state index contributed by atoms with van der Waals surface area (Å²) in [6.07, 6.45) is 16.0. The number of phenols is 3. The number of rotatable bonds is 4. The van der Waals surface area contributed by atoms with Crippen molar-refractivity contribution >= 4 is 40.3 Å². The second-order valence-electron chi connectivity index (χ2n) is 18.4. The number of aliphatic hydroxyl groups excluding tert-OH is 2.